The minimum Gasteiger partial charge on any atom is -0.350 e. The Kier molecular flexibility index (Phi) is 8.97. The van der Waals surface area contributed by atoms with Crippen LogP contribution < -0.4 is 5.32 Å². The summed E-state index contributed by atoms with van der Waals surface area (Å²) in [6.45, 7) is 8.61. The second-order valence-electron chi connectivity index (χ2n) is 8.90. The zero-order valence-corrected chi connectivity index (χ0v) is 20.5. The molecule has 2 aromatic carbocycles. The van der Waals surface area contributed by atoms with E-state index in [2.05, 4.69) is 10.3 Å². The molecule has 0 radical (unpaired) electrons. The van der Waals surface area contributed by atoms with Crippen molar-refractivity contribution in [2.24, 2.45) is 0 Å². The molecule has 3 unspecified atom stereocenters. The summed E-state index contributed by atoms with van der Waals surface area (Å²) in [4.78, 5) is 33.4. The van der Waals surface area contributed by atoms with Gasteiger partial charge in [0.25, 0.3) is 0 Å². The number of benzene rings is 2. The SMILES string of the molecule is CCN(C(=O)C(c1cccnc1)C(CC(=O)NC(C)c1ccccc1)c1ccccc1)C(C)C. The van der Waals surface area contributed by atoms with Gasteiger partial charge in [0, 0.05) is 37.3 Å². The van der Waals surface area contributed by atoms with E-state index in [-0.39, 0.29) is 36.2 Å². The van der Waals surface area contributed by atoms with Crippen molar-refractivity contribution in [3.63, 3.8) is 0 Å². The van der Waals surface area contributed by atoms with Gasteiger partial charge >= 0.3 is 0 Å². The third kappa shape index (κ3) is 6.31. The summed E-state index contributed by atoms with van der Waals surface area (Å²) in [6.07, 6.45) is 3.65. The predicted octanol–water partition coefficient (Wildman–Crippen LogP) is 5.47. The van der Waals surface area contributed by atoms with Crippen molar-refractivity contribution >= 4 is 11.8 Å². The van der Waals surface area contributed by atoms with Crippen LogP contribution in [0, 0.1) is 0 Å². The first kappa shape index (κ1) is 25.2. The van der Waals surface area contributed by atoms with Crippen LogP contribution in [0.1, 0.15) is 68.7 Å². The van der Waals surface area contributed by atoms with Crippen LogP contribution in [0.15, 0.2) is 85.2 Å². The minimum atomic E-state index is -0.517. The van der Waals surface area contributed by atoms with Gasteiger partial charge in [-0.2, -0.15) is 0 Å². The lowest BCUT2D eigenvalue weighted by molar-refractivity contribution is -0.135. The van der Waals surface area contributed by atoms with Crippen LogP contribution in [-0.4, -0.2) is 34.3 Å². The molecule has 178 valence electrons. The zero-order valence-electron chi connectivity index (χ0n) is 20.5. The second kappa shape index (κ2) is 12.1. The molecule has 3 aromatic rings. The van der Waals surface area contributed by atoms with E-state index in [0.29, 0.717) is 6.54 Å². The summed E-state index contributed by atoms with van der Waals surface area (Å²) >= 11 is 0. The molecule has 0 aliphatic rings. The van der Waals surface area contributed by atoms with Crippen molar-refractivity contribution in [3.05, 3.63) is 102 Å². The van der Waals surface area contributed by atoms with Crippen molar-refractivity contribution < 1.29 is 9.59 Å². The molecule has 0 aliphatic heterocycles. The van der Waals surface area contributed by atoms with Crippen molar-refractivity contribution in [1.29, 1.82) is 0 Å². The van der Waals surface area contributed by atoms with Crippen LogP contribution in [0.25, 0.3) is 0 Å². The Morgan fingerprint density at radius 2 is 1.44 bits per heavy atom. The number of nitrogens with one attached hydrogen (secondary N) is 1. The standard InChI is InChI=1S/C29H35N3O2/c1-5-32(21(2)3)29(34)28(25-17-12-18-30-20-25)26(24-15-10-7-11-16-24)19-27(33)31-22(4)23-13-8-6-9-14-23/h6-18,20-22,26,28H,5,19H2,1-4H3,(H,31,33). The molecule has 0 spiro atoms. The highest BCUT2D eigenvalue weighted by Gasteiger charge is 2.36. The van der Waals surface area contributed by atoms with Gasteiger partial charge < -0.3 is 10.2 Å². The maximum absolute atomic E-state index is 13.9. The normalized spacial score (nSPS) is 13.7. The number of hydrogen-bond acceptors (Lipinski definition) is 3. The molecule has 5 heteroatoms. The summed E-state index contributed by atoms with van der Waals surface area (Å²) in [5, 5.41) is 3.13. The highest BCUT2D eigenvalue weighted by molar-refractivity contribution is 5.87. The van der Waals surface area contributed by atoms with Gasteiger partial charge in [0.15, 0.2) is 0 Å². The fourth-order valence-electron chi connectivity index (χ4n) is 4.51. The summed E-state index contributed by atoms with van der Waals surface area (Å²) in [6, 6.07) is 23.5. The number of carbonyl (C=O) groups excluding carboxylic acids is 2. The van der Waals surface area contributed by atoms with Crippen molar-refractivity contribution in [2.45, 2.75) is 58.0 Å². The Hall–Kier alpha value is -3.47. The van der Waals surface area contributed by atoms with Crippen molar-refractivity contribution in [1.82, 2.24) is 15.2 Å². The van der Waals surface area contributed by atoms with E-state index in [4.69, 9.17) is 0 Å². The lowest BCUT2D eigenvalue weighted by Gasteiger charge is -2.34. The molecule has 5 nitrogen and oxygen atoms in total. The van der Waals surface area contributed by atoms with Crippen LogP contribution in [0.5, 0.6) is 0 Å². The van der Waals surface area contributed by atoms with Gasteiger partial charge in [-0.15, -0.1) is 0 Å². The topological polar surface area (TPSA) is 62.3 Å². The third-order valence-corrected chi connectivity index (χ3v) is 6.27. The van der Waals surface area contributed by atoms with Gasteiger partial charge in [0.2, 0.25) is 11.8 Å². The lowest BCUT2D eigenvalue weighted by Crippen LogP contribution is -2.42. The fourth-order valence-corrected chi connectivity index (χ4v) is 4.51. The number of hydrogen-bond donors (Lipinski definition) is 1. The number of pyridine rings is 1. The molecule has 0 saturated heterocycles. The molecule has 0 fully saturated rings. The maximum Gasteiger partial charge on any atom is 0.231 e. The molecular formula is C29H35N3O2. The van der Waals surface area contributed by atoms with Gasteiger partial charge in [-0.05, 0) is 50.5 Å². The number of nitrogens with zero attached hydrogens (tertiary/aromatic N) is 2. The zero-order chi connectivity index (χ0) is 24.5. The Balaban J connectivity index is 1.97. The average Bonchev–Trinajstić information content (AvgIpc) is 2.85. The first-order chi connectivity index (χ1) is 16.4. The Morgan fingerprint density at radius 1 is 0.853 bits per heavy atom. The second-order valence-corrected chi connectivity index (χ2v) is 8.90. The molecular weight excluding hydrogens is 422 g/mol. The average molecular weight is 458 g/mol. The van der Waals surface area contributed by atoms with Crippen molar-refractivity contribution in [2.75, 3.05) is 6.54 Å². The van der Waals surface area contributed by atoms with E-state index in [1.54, 1.807) is 12.4 Å². The first-order valence-electron chi connectivity index (χ1n) is 12.0. The molecule has 1 aromatic heterocycles. The highest BCUT2D eigenvalue weighted by atomic mass is 16.2. The molecule has 34 heavy (non-hydrogen) atoms. The van der Waals surface area contributed by atoms with E-state index in [1.807, 2.05) is 105 Å². The van der Waals surface area contributed by atoms with Gasteiger partial charge in [-0.1, -0.05) is 66.7 Å². The molecule has 0 aliphatic carbocycles. The van der Waals surface area contributed by atoms with Gasteiger partial charge in [-0.25, -0.2) is 0 Å². The molecule has 0 saturated carbocycles. The van der Waals surface area contributed by atoms with E-state index in [0.717, 1.165) is 16.7 Å². The highest BCUT2D eigenvalue weighted by Crippen LogP contribution is 2.37. The molecule has 3 rings (SSSR count). The van der Waals surface area contributed by atoms with Crippen LogP contribution in [-0.2, 0) is 9.59 Å². The van der Waals surface area contributed by atoms with Gasteiger partial charge in [-0.3, -0.25) is 14.6 Å². The minimum absolute atomic E-state index is 0.0169. The number of rotatable bonds is 10. The van der Waals surface area contributed by atoms with E-state index < -0.39 is 5.92 Å². The molecule has 1 heterocycles. The molecule has 1 N–H and O–H groups in total. The number of aromatic nitrogens is 1. The number of carbonyl (C=O) groups is 2. The molecule has 3 atom stereocenters. The summed E-state index contributed by atoms with van der Waals surface area (Å²) in [7, 11) is 0. The van der Waals surface area contributed by atoms with Crippen LogP contribution in [0.3, 0.4) is 0 Å². The van der Waals surface area contributed by atoms with E-state index in [9.17, 15) is 9.59 Å². The monoisotopic (exact) mass is 457 g/mol. The van der Waals surface area contributed by atoms with Crippen LogP contribution in [0.2, 0.25) is 0 Å². The van der Waals surface area contributed by atoms with E-state index in [1.165, 1.54) is 0 Å². The predicted molar refractivity (Wildman–Crippen MR) is 136 cm³/mol. The number of likely N-dealkylation sites (N-methyl/N-ethyl adjacent to an activating group) is 1. The van der Waals surface area contributed by atoms with Gasteiger partial charge in [0.1, 0.15) is 0 Å². The van der Waals surface area contributed by atoms with Crippen LogP contribution in [0.4, 0.5) is 0 Å². The quantitative estimate of drug-likeness (QED) is 0.439. The maximum atomic E-state index is 13.9. The Labute approximate surface area is 203 Å². The number of amides is 2. The smallest absolute Gasteiger partial charge is 0.231 e. The Bertz CT molecular complexity index is 1040. The van der Waals surface area contributed by atoms with Gasteiger partial charge in [0.05, 0.1) is 12.0 Å². The fraction of sp³-hybridized carbons (Fsp3) is 0.345. The summed E-state index contributed by atoms with van der Waals surface area (Å²) < 4.78 is 0. The van der Waals surface area contributed by atoms with E-state index >= 15 is 0 Å². The molecule has 2 amide bonds. The lowest BCUT2D eigenvalue weighted by atomic mass is 9.78. The molecule has 0 bridgehead atoms. The van der Waals surface area contributed by atoms with Crippen molar-refractivity contribution in [3.8, 4) is 0 Å². The third-order valence-electron chi connectivity index (χ3n) is 6.27. The Morgan fingerprint density at radius 3 is 1.97 bits per heavy atom. The largest absolute Gasteiger partial charge is 0.350 e. The summed E-state index contributed by atoms with van der Waals surface area (Å²) in [5.41, 5.74) is 2.83. The first-order valence-corrected chi connectivity index (χ1v) is 12.0. The summed E-state index contributed by atoms with van der Waals surface area (Å²) in [5.74, 6) is -0.910. The van der Waals surface area contributed by atoms with Crippen LogP contribution >= 0.6 is 0 Å².